The number of aromatic nitrogens is 2. The van der Waals surface area contributed by atoms with Gasteiger partial charge in [0.15, 0.2) is 0 Å². The van der Waals surface area contributed by atoms with Crippen molar-refractivity contribution in [1.82, 2.24) is 9.55 Å². The van der Waals surface area contributed by atoms with E-state index in [1.54, 1.807) is 6.20 Å². The molecule has 1 aliphatic rings. The summed E-state index contributed by atoms with van der Waals surface area (Å²) in [5, 5.41) is 10.0. The van der Waals surface area contributed by atoms with E-state index in [0.29, 0.717) is 13.2 Å². The van der Waals surface area contributed by atoms with Gasteiger partial charge in [-0.15, -0.1) is 0 Å². The van der Waals surface area contributed by atoms with E-state index in [4.69, 9.17) is 4.74 Å². The second kappa shape index (κ2) is 3.71. The molecule has 1 aromatic rings. The first-order valence-corrected chi connectivity index (χ1v) is 4.96. The predicted octanol–water partition coefficient (Wildman–Crippen LogP) is 0.504. The Kier molecular flexibility index (Phi) is 2.56. The summed E-state index contributed by atoms with van der Waals surface area (Å²) in [5.74, 6) is 1.02. The van der Waals surface area contributed by atoms with Crippen LogP contribution in [0.4, 0.5) is 0 Å². The van der Waals surface area contributed by atoms with Gasteiger partial charge in [0.05, 0.1) is 12.2 Å². The van der Waals surface area contributed by atoms with Crippen molar-refractivity contribution >= 4 is 0 Å². The van der Waals surface area contributed by atoms with E-state index in [2.05, 4.69) is 4.98 Å². The average Bonchev–Trinajstić information content (AvgIpc) is 2.73. The SMILES string of the molecule is Cn1ccnc1CCC1(O)CCOC1. The van der Waals surface area contributed by atoms with Crippen LogP contribution in [0.5, 0.6) is 0 Å². The number of aryl methyl sites for hydroxylation is 2. The number of aliphatic hydroxyl groups is 1. The Morgan fingerprint density at radius 2 is 2.57 bits per heavy atom. The van der Waals surface area contributed by atoms with Gasteiger partial charge in [-0.1, -0.05) is 0 Å². The summed E-state index contributed by atoms with van der Waals surface area (Å²) in [6.45, 7) is 1.15. The van der Waals surface area contributed by atoms with Crippen molar-refractivity contribution in [3.05, 3.63) is 18.2 Å². The summed E-state index contributed by atoms with van der Waals surface area (Å²) in [4.78, 5) is 4.22. The van der Waals surface area contributed by atoms with E-state index in [-0.39, 0.29) is 0 Å². The zero-order valence-corrected chi connectivity index (χ0v) is 8.44. The number of imidazole rings is 1. The van der Waals surface area contributed by atoms with Crippen molar-refractivity contribution in [2.45, 2.75) is 24.9 Å². The van der Waals surface area contributed by atoms with Crippen molar-refractivity contribution in [2.75, 3.05) is 13.2 Å². The third-order valence-electron chi connectivity index (χ3n) is 2.82. The minimum atomic E-state index is -0.619. The quantitative estimate of drug-likeness (QED) is 0.766. The molecule has 4 heteroatoms. The molecule has 78 valence electrons. The van der Waals surface area contributed by atoms with Gasteiger partial charge in [-0.3, -0.25) is 0 Å². The zero-order valence-electron chi connectivity index (χ0n) is 8.44. The van der Waals surface area contributed by atoms with Crippen LogP contribution >= 0.6 is 0 Å². The molecule has 0 saturated carbocycles. The van der Waals surface area contributed by atoms with E-state index in [1.165, 1.54) is 0 Å². The van der Waals surface area contributed by atoms with Gasteiger partial charge in [-0.25, -0.2) is 4.98 Å². The standard InChI is InChI=1S/C10H16N2O2/c1-12-6-5-11-9(12)2-3-10(13)4-7-14-8-10/h5-6,13H,2-4,7-8H2,1H3. The maximum atomic E-state index is 10.0. The Balaban J connectivity index is 1.91. The van der Waals surface area contributed by atoms with E-state index in [0.717, 1.165) is 25.1 Å². The van der Waals surface area contributed by atoms with E-state index in [9.17, 15) is 5.11 Å². The smallest absolute Gasteiger partial charge is 0.108 e. The molecule has 0 bridgehead atoms. The van der Waals surface area contributed by atoms with Gasteiger partial charge in [-0.05, 0) is 6.42 Å². The molecule has 14 heavy (non-hydrogen) atoms. The second-order valence-corrected chi connectivity index (χ2v) is 3.98. The molecular weight excluding hydrogens is 180 g/mol. The molecule has 1 aromatic heterocycles. The van der Waals surface area contributed by atoms with E-state index in [1.807, 2.05) is 17.8 Å². The lowest BCUT2D eigenvalue weighted by molar-refractivity contribution is 0.0190. The number of hydrogen-bond acceptors (Lipinski definition) is 3. The van der Waals surface area contributed by atoms with Crippen molar-refractivity contribution < 1.29 is 9.84 Å². The van der Waals surface area contributed by atoms with E-state index >= 15 is 0 Å². The highest BCUT2D eigenvalue weighted by atomic mass is 16.5. The first-order valence-electron chi connectivity index (χ1n) is 4.96. The lowest BCUT2D eigenvalue weighted by Crippen LogP contribution is -2.29. The van der Waals surface area contributed by atoms with E-state index < -0.39 is 5.60 Å². The van der Waals surface area contributed by atoms with Crippen LogP contribution in [0.3, 0.4) is 0 Å². The number of hydrogen-bond donors (Lipinski definition) is 1. The van der Waals surface area contributed by atoms with Gasteiger partial charge >= 0.3 is 0 Å². The summed E-state index contributed by atoms with van der Waals surface area (Å²) in [6.07, 6.45) is 5.99. The maximum absolute atomic E-state index is 10.0. The molecule has 0 amide bonds. The molecule has 1 saturated heterocycles. The first kappa shape index (κ1) is 9.68. The van der Waals surface area contributed by atoms with Crippen LogP contribution in [0, 0.1) is 0 Å². The fourth-order valence-electron chi connectivity index (χ4n) is 1.78. The lowest BCUT2D eigenvalue weighted by atomic mass is 9.97. The minimum Gasteiger partial charge on any atom is -0.387 e. The summed E-state index contributed by atoms with van der Waals surface area (Å²) >= 11 is 0. The molecule has 1 atom stereocenters. The third-order valence-corrected chi connectivity index (χ3v) is 2.82. The highest BCUT2D eigenvalue weighted by molar-refractivity contribution is 4.94. The molecule has 1 N–H and O–H groups in total. The van der Waals surface area contributed by atoms with Gasteiger partial charge in [0.1, 0.15) is 5.82 Å². The van der Waals surface area contributed by atoms with Gasteiger partial charge < -0.3 is 14.4 Å². The largest absolute Gasteiger partial charge is 0.387 e. The molecule has 1 aliphatic heterocycles. The normalized spacial score (nSPS) is 27.0. The van der Waals surface area contributed by atoms with Gasteiger partial charge in [0, 0.05) is 38.9 Å². The third kappa shape index (κ3) is 1.96. The fraction of sp³-hybridized carbons (Fsp3) is 0.700. The number of rotatable bonds is 3. The fourth-order valence-corrected chi connectivity index (χ4v) is 1.78. The summed E-state index contributed by atoms with van der Waals surface area (Å²) in [5.41, 5.74) is -0.619. The lowest BCUT2D eigenvalue weighted by Gasteiger charge is -2.19. The zero-order chi connectivity index (χ0) is 10.0. The van der Waals surface area contributed by atoms with Crippen LogP contribution < -0.4 is 0 Å². The van der Waals surface area contributed by atoms with Crippen LogP contribution in [-0.4, -0.2) is 33.5 Å². The van der Waals surface area contributed by atoms with Gasteiger partial charge in [0.2, 0.25) is 0 Å². The molecule has 1 unspecified atom stereocenters. The molecule has 0 spiro atoms. The van der Waals surface area contributed by atoms with Crippen LogP contribution in [0.15, 0.2) is 12.4 Å². The highest BCUT2D eigenvalue weighted by Gasteiger charge is 2.31. The minimum absolute atomic E-state index is 0.470. The Morgan fingerprint density at radius 1 is 1.71 bits per heavy atom. The van der Waals surface area contributed by atoms with Crippen LogP contribution in [0.1, 0.15) is 18.7 Å². The second-order valence-electron chi connectivity index (χ2n) is 3.98. The Hall–Kier alpha value is -0.870. The number of nitrogens with zero attached hydrogens (tertiary/aromatic N) is 2. The molecule has 0 aliphatic carbocycles. The Morgan fingerprint density at radius 3 is 3.14 bits per heavy atom. The Bertz CT molecular complexity index is 303. The molecule has 0 radical (unpaired) electrons. The predicted molar refractivity (Wildman–Crippen MR) is 51.9 cm³/mol. The molecular formula is C10H16N2O2. The van der Waals surface area contributed by atoms with Gasteiger partial charge in [0.25, 0.3) is 0 Å². The average molecular weight is 196 g/mol. The van der Waals surface area contributed by atoms with Crippen molar-refractivity contribution in [3.8, 4) is 0 Å². The van der Waals surface area contributed by atoms with Crippen LogP contribution in [-0.2, 0) is 18.2 Å². The molecule has 1 fully saturated rings. The highest BCUT2D eigenvalue weighted by Crippen LogP contribution is 2.23. The van der Waals surface area contributed by atoms with Crippen molar-refractivity contribution in [2.24, 2.45) is 7.05 Å². The van der Waals surface area contributed by atoms with Crippen molar-refractivity contribution in [3.63, 3.8) is 0 Å². The van der Waals surface area contributed by atoms with Gasteiger partial charge in [-0.2, -0.15) is 0 Å². The molecule has 2 rings (SSSR count). The molecule has 4 nitrogen and oxygen atoms in total. The summed E-state index contributed by atoms with van der Waals surface area (Å²) < 4.78 is 7.17. The monoisotopic (exact) mass is 196 g/mol. The summed E-state index contributed by atoms with van der Waals surface area (Å²) in [6, 6.07) is 0. The maximum Gasteiger partial charge on any atom is 0.108 e. The van der Waals surface area contributed by atoms with Crippen LogP contribution in [0.25, 0.3) is 0 Å². The molecule has 2 heterocycles. The van der Waals surface area contributed by atoms with Crippen molar-refractivity contribution in [1.29, 1.82) is 0 Å². The molecule has 0 aromatic carbocycles. The summed E-state index contributed by atoms with van der Waals surface area (Å²) in [7, 11) is 1.97. The number of ether oxygens (including phenoxy) is 1. The first-order chi connectivity index (χ1) is 6.70. The Labute approximate surface area is 83.5 Å². The van der Waals surface area contributed by atoms with Crippen LogP contribution in [0.2, 0.25) is 0 Å². The topological polar surface area (TPSA) is 47.3 Å².